The van der Waals surface area contributed by atoms with Crippen molar-refractivity contribution in [3.63, 3.8) is 0 Å². The molecule has 320 valence electrons. The average Bonchev–Trinajstić information content (AvgIpc) is 3.83. The van der Waals surface area contributed by atoms with Gasteiger partial charge in [0.05, 0.1) is 33.2 Å². The fourth-order valence-corrected chi connectivity index (χ4v) is 9.25. The van der Waals surface area contributed by atoms with Crippen LogP contribution in [0.5, 0.6) is 0 Å². The van der Waals surface area contributed by atoms with Crippen LogP contribution in [0.25, 0.3) is 33.4 Å². The smallest absolute Gasteiger partial charge is 0.354 e. The highest BCUT2D eigenvalue weighted by Crippen LogP contribution is 2.45. The van der Waals surface area contributed by atoms with Crippen LogP contribution in [-0.4, -0.2) is 88.2 Å². The molecule has 0 spiro atoms. The molecule has 0 bridgehead atoms. The monoisotopic (exact) mass is 847 g/mol. The molecule has 4 aliphatic rings. The zero-order valence-corrected chi connectivity index (χ0v) is 35.1. The zero-order valence-electron chi connectivity index (χ0n) is 34.3. The second kappa shape index (κ2) is 19.2. The van der Waals surface area contributed by atoms with E-state index in [1.54, 1.807) is 10.7 Å². The molecule has 0 atom stereocenters. The number of carboxylic acids is 2. The molecule has 0 unspecified atom stereocenters. The van der Waals surface area contributed by atoms with E-state index in [4.69, 9.17) is 26.9 Å². The average molecular weight is 848 g/mol. The molecule has 6 aromatic rings. The molecule has 14 heteroatoms. The predicted octanol–water partition coefficient (Wildman–Crippen LogP) is 8.67. The van der Waals surface area contributed by atoms with Crippen molar-refractivity contribution < 1.29 is 30.0 Å². The Morgan fingerprint density at radius 3 is 1.51 bits per heavy atom. The Kier molecular flexibility index (Phi) is 13.4. The molecule has 4 fully saturated rings. The van der Waals surface area contributed by atoms with Crippen molar-refractivity contribution in [3.05, 3.63) is 106 Å². The highest BCUT2D eigenvalue weighted by Gasteiger charge is 2.33. The normalized spacial score (nSPS) is 19.6. The van der Waals surface area contributed by atoms with Gasteiger partial charge in [-0.1, -0.05) is 60.8 Å². The van der Waals surface area contributed by atoms with Gasteiger partial charge in [-0.3, -0.25) is 0 Å². The molecule has 3 saturated carbocycles. The first-order valence-corrected chi connectivity index (χ1v) is 22.1. The lowest BCUT2D eigenvalue weighted by Gasteiger charge is -2.29. The summed E-state index contributed by atoms with van der Waals surface area (Å²) in [5.74, 6) is -0.0940. The molecule has 10 rings (SSSR count). The highest BCUT2D eigenvalue weighted by atomic mass is 35.5. The van der Waals surface area contributed by atoms with E-state index in [1.165, 1.54) is 18.9 Å². The van der Waals surface area contributed by atoms with Crippen molar-refractivity contribution >= 4 is 45.6 Å². The lowest BCUT2D eigenvalue weighted by atomic mass is 9.76. The third-order valence-electron chi connectivity index (χ3n) is 13.0. The Hall–Kier alpha value is -5.21. The van der Waals surface area contributed by atoms with Crippen molar-refractivity contribution in [2.75, 3.05) is 26.3 Å². The van der Waals surface area contributed by atoms with Gasteiger partial charge in [-0.25, -0.2) is 28.9 Å². The predicted molar refractivity (Wildman–Crippen MR) is 234 cm³/mol. The van der Waals surface area contributed by atoms with Crippen LogP contribution in [0.4, 0.5) is 0 Å². The minimum Gasteiger partial charge on any atom is -0.477 e. The van der Waals surface area contributed by atoms with Crippen molar-refractivity contribution in [1.29, 1.82) is 0 Å². The van der Waals surface area contributed by atoms with Crippen molar-refractivity contribution in [2.24, 2.45) is 11.8 Å². The zero-order chi connectivity index (χ0) is 42.5. The van der Waals surface area contributed by atoms with Crippen LogP contribution >= 0.6 is 11.6 Å². The van der Waals surface area contributed by atoms with Gasteiger partial charge in [-0.2, -0.15) is 10.2 Å². The fourth-order valence-electron chi connectivity index (χ4n) is 8.96. The Balaban J connectivity index is 0.000000146. The van der Waals surface area contributed by atoms with Crippen LogP contribution in [-0.2, 0) is 0 Å². The summed E-state index contributed by atoms with van der Waals surface area (Å²) in [5, 5.41) is 52.4. The summed E-state index contributed by atoms with van der Waals surface area (Å²) < 4.78 is 3.53. The Bertz CT molecular complexity index is 2450. The number of para-hydroxylation sites is 2. The maximum absolute atomic E-state index is 11.9. The third kappa shape index (κ3) is 9.21. The fraction of sp³-hybridized carbons (Fsp3) is 0.447. The summed E-state index contributed by atoms with van der Waals surface area (Å²) in [5.41, 5.74) is 5.99. The first kappa shape index (κ1) is 42.5. The van der Waals surface area contributed by atoms with E-state index in [9.17, 15) is 24.9 Å². The first-order chi connectivity index (χ1) is 29.7. The first-order valence-electron chi connectivity index (χ1n) is 21.8. The summed E-state index contributed by atoms with van der Waals surface area (Å²) in [6.45, 7) is 2.79. The number of hydrogen-bond donors (Lipinski definition) is 5. The van der Waals surface area contributed by atoms with E-state index in [0.29, 0.717) is 46.6 Å². The van der Waals surface area contributed by atoms with E-state index >= 15 is 0 Å². The number of aliphatic hydroxyl groups excluding tert-OH is 2. The molecule has 3 aliphatic carbocycles. The quantitative estimate of drug-likeness (QED) is 0.0937. The molecule has 5 N–H and O–H groups in total. The summed E-state index contributed by atoms with van der Waals surface area (Å²) in [6, 6.07) is 22.6. The van der Waals surface area contributed by atoms with Crippen LogP contribution in [0.1, 0.15) is 133 Å². The summed E-state index contributed by atoms with van der Waals surface area (Å²) in [4.78, 5) is 32.1. The summed E-state index contributed by atoms with van der Waals surface area (Å²) in [6.07, 6.45) is 13.0. The molecule has 0 amide bonds. The number of aromatic nitrogens is 6. The number of pyridine rings is 2. The summed E-state index contributed by atoms with van der Waals surface area (Å²) in [7, 11) is 0. The molecular weight excluding hydrogens is 794 g/mol. The van der Waals surface area contributed by atoms with Crippen LogP contribution in [0.15, 0.2) is 72.8 Å². The second-order valence-electron chi connectivity index (χ2n) is 16.9. The number of hydrogen-bond acceptors (Lipinski definition) is 9. The number of piperidine rings is 1. The lowest BCUT2D eigenvalue weighted by Crippen LogP contribution is -2.29. The number of nitrogens with zero attached hydrogens (tertiary/aromatic N) is 6. The molecule has 61 heavy (non-hydrogen) atoms. The van der Waals surface area contributed by atoms with Crippen LogP contribution in [0.3, 0.4) is 0 Å². The van der Waals surface area contributed by atoms with E-state index < -0.39 is 11.9 Å². The number of aromatic carboxylic acids is 2. The maximum atomic E-state index is 11.9. The van der Waals surface area contributed by atoms with E-state index in [0.717, 1.165) is 116 Å². The van der Waals surface area contributed by atoms with Crippen molar-refractivity contribution in [3.8, 4) is 11.4 Å². The van der Waals surface area contributed by atoms with Crippen LogP contribution in [0, 0.1) is 11.8 Å². The third-order valence-corrected chi connectivity index (χ3v) is 13.3. The van der Waals surface area contributed by atoms with Gasteiger partial charge in [-0.15, -0.1) is 0 Å². The second-order valence-corrected chi connectivity index (χ2v) is 17.3. The van der Waals surface area contributed by atoms with Crippen LogP contribution in [0.2, 0.25) is 5.02 Å². The van der Waals surface area contributed by atoms with Gasteiger partial charge in [-0.05, 0) is 137 Å². The molecule has 4 aromatic heterocycles. The topological polar surface area (TPSA) is 189 Å². The lowest BCUT2D eigenvalue weighted by molar-refractivity contribution is 0.0680. The number of aliphatic hydroxyl groups is 2. The minimum absolute atomic E-state index is 0.0697. The standard InChI is InChI=1S/C24H27N3O3.C17H14ClN3O2.C6H13NO/c28-14-15-9-11-16(12-10-15)19-13-20(24(29)30)25-23-21(19)22(17-5-4-6-17)26-27(23)18-7-2-1-3-8-18;18-12-9-13(17(22)23)19-16-14(12)15(10-5-4-6-10)20-21(16)11-7-2-1-3-8-11;8-5-6-1-3-7-4-2-6/h1-3,7-8,13,15-17,28H,4-6,9-12,14H2,(H,29,30);1-3,7-10H,4-6H2,(H,22,23);6-8H,1-5H2. The summed E-state index contributed by atoms with van der Waals surface area (Å²) >= 11 is 6.38. The van der Waals surface area contributed by atoms with E-state index in [1.807, 2.05) is 65.3 Å². The van der Waals surface area contributed by atoms with Crippen molar-refractivity contribution in [2.45, 2.75) is 94.8 Å². The molecule has 1 aliphatic heterocycles. The van der Waals surface area contributed by atoms with Gasteiger partial charge in [0.1, 0.15) is 0 Å². The molecule has 1 saturated heterocycles. The Labute approximate surface area is 359 Å². The number of rotatable bonds is 9. The molecule has 13 nitrogen and oxygen atoms in total. The number of nitrogens with one attached hydrogen (secondary N) is 1. The number of benzene rings is 2. The van der Waals surface area contributed by atoms with Crippen molar-refractivity contribution in [1.82, 2.24) is 34.8 Å². The molecular formula is C47H54ClN7O6. The largest absolute Gasteiger partial charge is 0.477 e. The highest BCUT2D eigenvalue weighted by molar-refractivity contribution is 6.35. The SMILES string of the molecule is O=C(O)c1cc(C2CCC(CO)CC2)c2c(C3CCC3)nn(-c3ccccc3)c2n1.O=C(O)c1cc(Cl)c2c(C3CCC3)nn(-c3ccccc3)c2n1.OCC1CCNCC1. The Morgan fingerprint density at radius 1 is 0.607 bits per heavy atom. The number of fused-ring (bicyclic) bond motifs is 2. The van der Waals surface area contributed by atoms with Gasteiger partial charge in [0, 0.05) is 30.4 Å². The van der Waals surface area contributed by atoms with Gasteiger partial charge < -0.3 is 25.7 Å². The maximum Gasteiger partial charge on any atom is 0.354 e. The van der Waals surface area contributed by atoms with Gasteiger partial charge in [0.25, 0.3) is 0 Å². The molecule has 5 heterocycles. The molecule has 0 radical (unpaired) electrons. The number of carboxylic acid groups (broad SMARTS) is 2. The minimum atomic E-state index is -1.10. The number of halogens is 1. The van der Waals surface area contributed by atoms with E-state index in [-0.39, 0.29) is 23.9 Å². The van der Waals surface area contributed by atoms with Gasteiger partial charge >= 0.3 is 11.9 Å². The Morgan fingerprint density at radius 2 is 1.07 bits per heavy atom. The van der Waals surface area contributed by atoms with E-state index in [2.05, 4.69) is 15.3 Å². The van der Waals surface area contributed by atoms with Gasteiger partial charge in [0.15, 0.2) is 22.7 Å². The molecule has 2 aromatic carbocycles. The van der Waals surface area contributed by atoms with Gasteiger partial charge in [0.2, 0.25) is 0 Å². The number of carbonyl (C=O) groups is 2. The van der Waals surface area contributed by atoms with Crippen LogP contribution < -0.4 is 5.32 Å².